The van der Waals surface area contributed by atoms with E-state index in [-0.39, 0.29) is 16.8 Å². The van der Waals surface area contributed by atoms with E-state index in [1.165, 1.54) is 12.1 Å². The molecule has 2 aromatic rings. The topological polar surface area (TPSA) is 72.3 Å². The number of carbonyl (C=O) groups is 1. The van der Waals surface area contributed by atoms with Gasteiger partial charge in [0.1, 0.15) is 0 Å². The summed E-state index contributed by atoms with van der Waals surface area (Å²) >= 11 is 0. The molecular formula is C16H19N3O3S. The van der Waals surface area contributed by atoms with Gasteiger partial charge in [-0.3, -0.25) is 9.48 Å². The Morgan fingerprint density at radius 1 is 1.35 bits per heavy atom. The third-order valence-corrected chi connectivity index (χ3v) is 5.24. The highest BCUT2D eigenvalue weighted by Crippen LogP contribution is 2.33. The molecule has 3 rings (SSSR count). The number of benzene rings is 1. The van der Waals surface area contributed by atoms with Crippen molar-refractivity contribution < 1.29 is 13.2 Å². The van der Waals surface area contributed by atoms with Crippen molar-refractivity contribution in [3.8, 4) is 0 Å². The van der Waals surface area contributed by atoms with Crippen LogP contribution in [0.2, 0.25) is 0 Å². The van der Waals surface area contributed by atoms with E-state index >= 15 is 0 Å². The average molecular weight is 333 g/mol. The Morgan fingerprint density at radius 2 is 2.13 bits per heavy atom. The van der Waals surface area contributed by atoms with Crippen LogP contribution in [-0.2, 0) is 16.9 Å². The van der Waals surface area contributed by atoms with Gasteiger partial charge in [-0.2, -0.15) is 5.10 Å². The molecule has 122 valence electrons. The van der Waals surface area contributed by atoms with Gasteiger partial charge in [-0.25, -0.2) is 8.42 Å². The van der Waals surface area contributed by atoms with E-state index in [9.17, 15) is 13.2 Å². The number of likely N-dealkylation sites (tertiary alicyclic amines) is 1. The molecule has 0 aliphatic carbocycles. The number of carbonyl (C=O) groups excluding carboxylic acids is 1. The zero-order valence-electron chi connectivity index (χ0n) is 13.1. The van der Waals surface area contributed by atoms with Crippen molar-refractivity contribution >= 4 is 15.7 Å². The molecule has 1 atom stereocenters. The molecule has 2 heterocycles. The summed E-state index contributed by atoms with van der Waals surface area (Å²) < 4.78 is 25.1. The smallest absolute Gasteiger partial charge is 0.254 e. The first-order valence-electron chi connectivity index (χ1n) is 7.46. The number of amides is 1. The van der Waals surface area contributed by atoms with Crippen molar-refractivity contribution in [3.63, 3.8) is 0 Å². The van der Waals surface area contributed by atoms with Crippen LogP contribution < -0.4 is 0 Å². The highest BCUT2D eigenvalue weighted by Gasteiger charge is 2.31. The second-order valence-electron chi connectivity index (χ2n) is 5.90. The van der Waals surface area contributed by atoms with E-state index < -0.39 is 9.84 Å². The van der Waals surface area contributed by atoms with Crippen LogP contribution in [0.3, 0.4) is 0 Å². The lowest BCUT2D eigenvalue weighted by Crippen LogP contribution is -2.30. The minimum Gasteiger partial charge on any atom is -0.331 e. The molecule has 1 fully saturated rings. The van der Waals surface area contributed by atoms with E-state index in [0.29, 0.717) is 12.1 Å². The highest BCUT2D eigenvalue weighted by atomic mass is 32.2. The summed E-state index contributed by atoms with van der Waals surface area (Å²) in [6, 6.07) is 6.23. The van der Waals surface area contributed by atoms with Gasteiger partial charge in [0.15, 0.2) is 9.84 Å². The lowest BCUT2D eigenvalue weighted by Gasteiger charge is -2.24. The summed E-state index contributed by atoms with van der Waals surface area (Å²) in [7, 11) is -1.48. The fourth-order valence-corrected chi connectivity index (χ4v) is 3.66. The van der Waals surface area contributed by atoms with Crippen molar-refractivity contribution in [2.75, 3.05) is 12.8 Å². The number of nitrogens with zero attached hydrogens (tertiary/aromatic N) is 3. The summed E-state index contributed by atoms with van der Waals surface area (Å²) in [6.45, 7) is 0.668. The van der Waals surface area contributed by atoms with Crippen molar-refractivity contribution in [2.45, 2.75) is 23.8 Å². The first-order valence-corrected chi connectivity index (χ1v) is 9.35. The number of aromatic nitrogens is 2. The van der Waals surface area contributed by atoms with Gasteiger partial charge in [-0.1, -0.05) is 6.07 Å². The Kier molecular flexibility index (Phi) is 3.97. The van der Waals surface area contributed by atoms with E-state index in [1.807, 2.05) is 13.2 Å². The lowest BCUT2D eigenvalue weighted by molar-refractivity contribution is 0.0735. The Labute approximate surface area is 135 Å². The third-order valence-electron chi connectivity index (χ3n) is 4.13. The van der Waals surface area contributed by atoms with E-state index in [4.69, 9.17) is 0 Å². The SMILES string of the molecule is Cn1cc(C2CCCN2C(=O)c2cccc(S(C)(=O)=O)c2)cn1. The second-order valence-corrected chi connectivity index (χ2v) is 7.92. The zero-order chi connectivity index (χ0) is 16.6. The number of aryl methyl sites for hydroxylation is 1. The maximum Gasteiger partial charge on any atom is 0.254 e. The molecule has 23 heavy (non-hydrogen) atoms. The molecule has 1 aromatic carbocycles. The minimum atomic E-state index is -3.33. The van der Waals surface area contributed by atoms with E-state index in [0.717, 1.165) is 24.7 Å². The van der Waals surface area contributed by atoms with Crippen LogP contribution in [0.25, 0.3) is 0 Å². The Hall–Kier alpha value is -2.15. The summed E-state index contributed by atoms with van der Waals surface area (Å²) in [5.41, 5.74) is 1.42. The predicted octanol–water partition coefficient (Wildman–Crippen LogP) is 1.80. The number of hydrogen-bond donors (Lipinski definition) is 0. The third kappa shape index (κ3) is 3.14. The van der Waals surface area contributed by atoms with Crippen LogP contribution in [0, 0.1) is 0 Å². The normalized spacial score (nSPS) is 18.3. The molecule has 0 bridgehead atoms. The van der Waals surface area contributed by atoms with Crippen LogP contribution in [-0.4, -0.2) is 41.8 Å². The molecule has 0 N–H and O–H groups in total. The molecule has 0 radical (unpaired) electrons. The zero-order valence-corrected chi connectivity index (χ0v) is 14.0. The van der Waals surface area contributed by atoms with Crippen molar-refractivity contribution in [1.29, 1.82) is 0 Å². The van der Waals surface area contributed by atoms with Gasteiger partial charge in [0.05, 0.1) is 17.1 Å². The molecule has 0 saturated carbocycles. The maximum absolute atomic E-state index is 12.8. The standard InChI is InChI=1S/C16H19N3O3S/c1-18-11-13(10-17-18)15-7-4-8-19(15)16(20)12-5-3-6-14(9-12)23(2,21)22/h3,5-6,9-11,15H,4,7-8H2,1-2H3. The van der Waals surface area contributed by atoms with Gasteiger partial charge in [-0.05, 0) is 31.0 Å². The number of sulfone groups is 1. The lowest BCUT2D eigenvalue weighted by atomic mass is 10.1. The first kappa shape index (κ1) is 15.7. The largest absolute Gasteiger partial charge is 0.331 e. The van der Waals surface area contributed by atoms with E-state index in [2.05, 4.69) is 5.10 Å². The molecule has 1 aliphatic heterocycles. The Bertz CT molecular complexity index is 842. The number of rotatable bonds is 3. The molecule has 6 nitrogen and oxygen atoms in total. The van der Waals surface area contributed by atoms with Crippen LogP contribution in [0.5, 0.6) is 0 Å². The van der Waals surface area contributed by atoms with Gasteiger partial charge in [-0.15, -0.1) is 0 Å². The van der Waals surface area contributed by atoms with Crippen LogP contribution in [0.1, 0.15) is 34.8 Å². The fraction of sp³-hybridized carbons (Fsp3) is 0.375. The molecule has 1 saturated heterocycles. The highest BCUT2D eigenvalue weighted by molar-refractivity contribution is 7.90. The Morgan fingerprint density at radius 3 is 2.78 bits per heavy atom. The van der Waals surface area contributed by atoms with Crippen molar-refractivity contribution in [1.82, 2.24) is 14.7 Å². The predicted molar refractivity (Wildman–Crippen MR) is 85.8 cm³/mol. The van der Waals surface area contributed by atoms with Crippen LogP contribution in [0.4, 0.5) is 0 Å². The molecule has 1 amide bonds. The summed E-state index contributed by atoms with van der Waals surface area (Å²) in [5.74, 6) is -0.137. The molecule has 1 unspecified atom stereocenters. The molecular weight excluding hydrogens is 314 g/mol. The summed E-state index contributed by atoms with van der Waals surface area (Å²) in [4.78, 5) is 14.8. The molecule has 7 heteroatoms. The van der Waals surface area contributed by atoms with Gasteiger partial charge in [0, 0.05) is 37.2 Å². The van der Waals surface area contributed by atoms with Gasteiger partial charge in [0.2, 0.25) is 0 Å². The average Bonchev–Trinajstić information content (AvgIpc) is 3.14. The summed E-state index contributed by atoms with van der Waals surface area (Å²) in [5, 5.41) is 4.17. The first-order chi connectivity index (χ1) is 10.9. The van der Waals surface area contributed by atoms with Crippen molar-refractivity contribution in [3.05, 3.63) is 47.8 Å². The summed E-state index contributed by atoms with van der Waals surface area (Å²) in [6.07, 6.45) is 6.66. The Balaban J connectivity index is 1.90. The minimum absolute atomic E-state index is 0.00177. The van der Waals surface area contributed by atoms with Crippen LogP contribution in [0.15, 0.2) is 41.6 Å². The molecule has 1 aliphatic rings. The van der Waals surface area contributed by atoms with Crippen molar-refractivity contribution in [2.24, 2.45) is 7.05 Å². The monoisotopic (exact) mass is 333 g/mol. The second kappa shape index (κ2) is 5.81. The quantitative estimate of drug-likeness (QED) is 0.858. The van der Waals surface area contributed by atoms with Gasteiger partial charge >= 0.3 is 0 Å². The van der Waals surface area contributed by atoms with Crippen LogP contribution >= 0.6 is 0 Å². The number of hydrogen-bond acceptors (Lipinski definition) is 4. The van der Waals surface area contributed by atoms with Gasteiger partial charge < -0.3 is 4.90 Å². The molecule has 1 aromatic heterocycles. The molecule has 0 spiro atoms. The van der Waals surface area contributed by atoms with Gasteiger partial charge in [0.25, 0.3) is 5.91 Å². The van der Waals surface area contributed by atoms with E-state index in [1.54, 1.807) is 27.9 Å². The fourth-order valence-electron chi connectivity index (χ4n) is 2.99. The maximum atomic E-state index is 12.8.